The van der Waals surface area contributed by atoms with E-state index in [2.05, 4.69) is 24.5 Å². The van der Waals surface area contributed by atoms with E-state index in [1.165, 1.54) is 0 Å². The van der Waals surface area contributed by atoms with E-state index in [4.69, 9.17) is 27.9 Å². The number of hydrogen-bond donors (Lipinski definition) is 2. The first-order chi connectivity index (χ1) is 19.7. The molecule has 41 heavy (non-hydrogen) atoms. The third kappa shape index (κ3) is 5.06. The van der Waals surface area contributed by atoms with Gasteiger partial charge in [-0.15, -0.1) is 0 Å². The average molecular weight is 597 g/mol. The van der Waals surface area contributed by atoms with Crippen molar-refractivity contribution in [2.45, 2.75) is 63.3 Å². The zero-order valence-corrected chi connectivity index (χ0v) is 24.7. The maximum absolute atomic E-state index is 14.2. The van der Waals surface area contributed by atoms with E-state index in [-0.39, 0.29) is 23.8 Å². The third-order valence-electron chi connectivity index (χ3n) is 9.63. The summed E-state index contributed by atoms with van der Waals surface area (Å²) >= 11 is 12.1. The van der Waals surface area contributed by atoms with Crippen molar-refractivity contribution in [1.82, 2.24) is 10.2 Å². The lowest BCUT2D eigenvalue weighted by molar-refractivity contribution is -0.141. The molecule has 3 aliphatic heterocycles. The summed E-state index contributed by atoms with van der Waals surface area (Å²) in [5, 5.41) is 7.43. The van der Waals surface area contributed by atoms with Gasteiger partial charge in [0, 0.05) is 28.3 Å². The van der Waals surface area contributed by atoms with E-state index in [0.717, 1.165) is 24.8 Å². The van der Waals surface area contributed by atoms with Gasteiger partial charge in [-0.2, -0.15) is 0 Å². The molecule has 3 heterocycles. The molecule has 1 saturated carbocycles. The summed E-state index contributed by atoms with van der Waals surface area (Å²) in [6, 6.07) is 13.5. The molecule has 1 aliphatic carbocycles. The van der Waals surface area contributed by atoms with Crippen LogP contribution in [0.2, 0.25) is 10.0 Å². The minimum atomic E-state index is -1.20. The van der Waals surface area contributed by atoms with Crippen LogP contribution in [0.3, 0.4) is 0 Å². The van der Waals surface area contributed by atoms with Crippen molar-refractivity contribution < 1.29 is 19.1 Å². The molecule has 9 heteroatoms. The van der Waals surface area contributed by atoms with E-state index < -0.39 is 29.6 Å². The van der Waals surface area contributed by atoms with Crippen molar-refractivity contribution in [3.63, 3.8) is 0 Å². The fourth-order valence-corrected chi connectivity index (χ4v) is 7.47. The predicted molar refractivity (Wildman–Crippen MR) is 159 cm³/mol. The van der Waals surface area contributed by atoms with Crippen molar-refractivity contribution in [3.05, 3.63) is 76.3 Å². The van der Waals surface area contributed by atoms with Gasteiger partial charge in [0.15, 0.2) is 0 Å². The number of hydrogen-bond acceptors (Lipinski definition) is 4. The van der Waals surface area contributed by atoms with Gasteiger partial charge in [-0.25, -0.2) is 0 Å². The molecule has 8 atom stereocenters. The molecule has 3 fully saturated rings. The number of fused-ring (bicyclic) bond motifs is 1. The highest BCUT2D eigenvalue weighted by Gasteiger charge is 2.72. The summed E-state index contributed by atoms with van der Waals surface area (Å²) < 4.78 is 6.48. The minimum Gasteiger partial charge on any atom is -0.359 e. The summed E-state index contributed by atoms with van der Waals surface area (Å²) in [5.74, 6) is -1.48. The molecule has 0 radical (unpaired) electrons. The van der Waals surface area contributed by atoms with E-state index in [1.54, 1.807) is 29.2 Å². The Hall–Kier alpha value is -2.87. The fourth-order valence-electron chi connectivity index (χ4n) is 7.21. The quantitative estimate of drug-likeness (QED) is 0.427. The summed E-state index contributed by atoms with van der Waals surface area (Å²) in [4.78, 5) is 43.6. The molecular weight excluding hydrogens is 561 g/mol. The van der Waals surface area contributed by atoms with Crippen molar-refractivity contribution in [2.75, 3.05) is 11.9 Å². The Kier molecular flexibility index (Phi) is 7.64. The number of anilines is 1. The van der Waals surface area contributed by atoms with Crippen molar-refractivity contribution in [3.8, 4) is 0 Å². The molecule has 2 saturated heterocycles. The Morgan fingerprint density at radius 3 is 2.39 bits per heavy atom. The smallest absolute Gasteiger partial charge is 0.246 e. The Labute approximate surface area is 250 Å². The lowest BCUT2D eigenvalue weighted by atomic mass is 9.73. The second kappa shape index (κ2) is 11.1. The second-order valence-electron chi connectivity index (χ2n) is 12.0. The number of nitrogens with one attached hydrogen (secondary N) is 2. The summed E-state index contributed by atoms with van der Waals surface area (Å²) in [7, 11) is 0. The molecule has 0 aromatic heterocycles. The minimum absolute atomic E-state index is 0.0292. The molecule has 2 N–H and O–H groups in total. The number of carbonyl (C=O) groups excluding carboxylic acids is 3. The molecule has 4 aliphatic rings. The van der Waals surface area contributed by atoms with Crippen LogP contribution in [-0.2, 0) is 25.5 Å². The van der Waals surface area contributed by atoms with Crippen LogP contribution in [0.4, 0.5) is 5.69 Å². The first-order valence-corrected chi connectivity index (χ1v) is 15.2. The molecule has 216 valence electrons. The van der Waals surface area contributed by atoms with Gasteiger partial charge in [0.05, 0.1) is 17.9 Å². The highest BCUT2D eigenvalue weighted by molar-refractivity contribution is 6.30. The summed E-state index contributed by atoms with van der Waals surface area (Å²) in [6.07, 6.45) is 6.76. The Morgan fingerprint density at radius 1 is 1.00 bits per heavy atom. The van der Waals surface area contributed by atoms with Crippen LogP contribution in [0.1, 0.15) is 38.7 Å². The number of amides is 3. The van der Waals surface area contributed by atoms with E-state index >= 15 is 0 Å². The number of carbonyl (C=O) groups is 3. The molecule has 6 rings (SSSR count). The van der Waals surface area contributed by atoms with Crippen molar-refractivity contribution in [2.24, 2.45) is 23.7 Å². The van der Waals surface area contributed by atoms with E-state index in [1.807, 2.05) is 36.4 Å². The van der Waals surface area contributed by atoms with Crippen LogP contribution < -0.4 is 10.6 Å². The van der Waals surface area contributed by atoms with Crippen LogP contribution in [0.5, 0.6) is 0 Å². The largest absolute Gasteiger partial charge is 0.359 e. The number of ether oxygens (including phenoxy) is 1. The maximum atomic E-state index is 14.2. The number of nitrogens with zero attached hydrogens (tertiary/aromatic N) is 1. The first kappa shape index (κ1) is 28.3. The topological polar surface area (TPSA) is 87.7 Å². The Balaban J connectivity index is 1.29. The van der Waals surface area contributed by atoms with Gasteiger partial charge in [0.25, 0.3) is 0 Å². The lowest BCUT2D eigenvalue weighted by Gasteiger charge is -2.38. The van der Waals surface area contributed by atoms with E-state index in [0.29, 0.717) is 40.5 Å². The fraction of sp³-hybridized carbons (Fsp3) is 0.469. The molecular formula is C32H35Cl2N3O4. The SMILES string of the molecule is CC1CCCC(NC(=O)C2N(CCc3ccc(Cl)cc3)C(=O)[C@@H]3C(C(=O)Nc4ccc(Cl)cc4)[C@@H]4C=CC23O4)C1C. The van der Waals surface area contributed by atoms with Crippen LogP contribution in [-0.4, -0.2) is 53.0 Å². The summed E-state index contributed by atoms with van der Waals surface area (Å²) in [5.41, 5.74) is 0.389. The first-order valence-electron chi connectivity index (χ1n) is 14.5. The molecule has 1 spiro atoms. The molecule has 2 aromatic rings. The van der Waals surface area contributed by atoms with Gasteiger partial charge >= 0.3 is 0 Å². The van der Waals surface area contributed by atoms with Gasteiger partial charge in [-0.3, -0.25) is 14.4 Å². The van der Waals surface area contributed by atoms with Crippen molar-refractivity contribution >= 4 is 46.6 Å². The van der Waals surface area contributed by atoms with Crippen LogP contribution in [0.25, 0.3) is 0 Å². The van der Waals surface area contributed by atoms with E-state index in [9.17, 15) is 14.4 Å². The predicted octanol–water partition coefficient (Wildman–Crippen LogP) is 5.27. The standard InChI is InChI=1S/C32H35Cl2N3O4/c1-18-4-3-5-24(19(18)2)36-30(39)28-32-16-14-25(41-32)26(29(38)35-23-12-10-22(34)11-13-23)27(32)31(40)37(28)17-15-20-6-8-21(33)9-7-20/h6-14,16,18-19,24-28H,3-5,15,17H2,1-2H3,(H,35,38)(H,36,39)/t18?,19?,24?,25-,26?,27-,28?,32?/m0/s1. The highest BCUT2D eigenvalue weighted by Crippen LogP contribution is 2.55. The zero-order chi connectivity index (χ0) is 28.9. The molecule has 3 amide bonds. The second-order valence-corrected chi connectivity index (χ2v) is 12.9. The van der Waals surface area contributed by atoms with Gasteiger partial charge in [0.1, 0.15) is 11.6 Å². The average Bonchev–Trinajstić information content (AvgIpc) is 3.59. The molecule has 7 nitrogen and oxygen atoms in total. The molecule has 6 unspecified atom stereocenters. The normalized spacial score (nSPS) is 33.6. The Morgan fingerprint density at radius 2 is 1.68 bits per heavy atom. The van der Waals surface area contributed by atoms with Gasteiger partial charge in [-0.1, -0.05) is 74.2 Å². The monoisotopic (exact) mass is 595 g/mol. The molecule has 2 aromatic carbocycles. The summed E-state index contributed by atoms with van der Waals surface area (Å²) in [6.45, 7) is 4.73. The Bertz CT molecular complexity index is 1360. The number of halogens is 2. The van der Waals surface area contributed by atoms with Crippen molar-refractivity contribution in [1.29, 1.82) is 0 Å². The van der Waals surface area contributed by atoms with Crippen LogP contribution >= 0.6 is 23.2 Å². The van der Waals surface area contributed by atoms with Gasteiger partial charge in [0.2, 0.25) is 17.7 Å². The number of likely N-dealkylation sites (tertiary alicyclic amines) is 1. The van der Waals surface area contributed by atoms with Gasteiger partial charge in [-0.05, 0) is 66.6 Å². The maximum Gasteiger partial charge on any atom is 0.246 e. The van der Waals surface area contributed by atoms with Crippen LogP contribution in [0, 0.1) is 23.7 Å². The van der Waals surface area contributed by atoms with Crippen LogP contribution in [0.15, 0.2) is 60.7 Å². The van der Waals surface area contributed by atoms with Gasteiger partial charge < -0.3 is 20.3 Å². The lowest BCUT2D eigenvalue weighted by Crippen LogP contribution is -2.58. The number of rotatable bonds is 7. The molecule has 2 bridgehead atoms. The number of benzene rings is 2. The third-order valence-corrected chi connectivity index (χ3v) is 10.1. The zero-order valence-electron chi connectivity index (χ0n) is 23.2. The highest BCUT2D eigenvalue weighted by atomic mass is 35.5.